The monoisotopic (exact) mass is 316 g/mol. The number of aromatic nitrogens is 1. The molecule has 6 heteroatoms. The summed E-state index contributed by atoms with van der Waals surface area (Å²) in [6, 6.07) is 5.76. The topological polar surface area (TPSA) is 56.8 Å². The van der Waals surface area contributed by atoms with Crippen molar-refractivity contribution in [3.63, 3.8) is 0 Å². The predicted octanol–water partition coefficient (Wildman–Crippen LogP) is 0.737. The van der Waals surface area contributed by atoms with Crippen LogP contribution < -0.4 is 0 Å². The highest BCUT2D eigenvalue weighted by molar-refractivity contribution is 5.84. The lowest BCUT2D eigenvalue weighted by atomic mass is 10.1. The number of likely N-dealkylation sites (tertiary alicyclic amines) is 1. The van der Waals surface area contributed by atoms with Gasteiger partial charge in [0.25, 0.3) is 0 Å². The molecule has 0 aliphatic carbocycles. The average Bonchev–Trinajstić information content (AvgIpc) is 2.96. The minimum absolute atomic E-state index is 0.0300. The molecule has 23 heavy (non-hydrogen) atoms. The second-order valence-electron chi connectivity index (χ2n) is 6.16. The number of carbonyl (C=O) groups excluding carboxylic acids is 2. The van der Waals surface area contributed by atoms with Crippen molar-refractivity contribution in [3.05, 3.63) is 30.1 Å². The molecular formula is C17H24N4O2. The SMILES string of the molecule is CCC(=O)N1CCN(C2CCN(Cc3ccccn3)C2=O)CC1. The molecule has 2 aliphatic heterocycles. The molecule has 2 fully saturated rings. The molecule has 1 unspecified atom stereocenters. The summed E-state index contributed by atoms with van der Waals surface area (Å²) >= 11 is 0. The van der Waals surface area contributed by atoms with Crippen LogP contribution in [0.25, 0.3) is 0 Å². The molecule has 3 rings (SSSR count). The van der Waals surface area contributed by atoms with E-state index in [0.717, 1.165) is 44.8 Å². The van der Waals surface area contributed by atoms with Gasteiger partial charge in [-0.05, 0) is 18.6 Å². The molecule has 2 aliphatic rings. The van der Waals surface area contributed by atoms with Gasteiger partial charge in [0.2, 0.25) is 11.8 Å². The van der Waals surface area contributed by atoms with Crippen LogP contribution in [0, 0.1) is 0 Å². The summed E-state index contributed by atoms with van der Waals surface area (Å²) in [6.45, 7) is 6.32. The molecule has 0 N–H and O–H groups in total. The van der Waals surface area contributed by atoms with Gasteiger partial charge in [0.05, 0.1) is 18.3 Å². The molecule has 2 amide bonds. The smallest absolute Gasteiger partial charge is 0.240 e. The summed E-state index contributed by atoms with van der Waals surface area (Å²) in [6.07, 6.45) is 3.19. The molecule has 0 bridgehead atoms. The van der Waals surface area contributed by atoms with Gasteiger partial charge in [-0.3, -0.25) is 19.5 Å². The quantitative estimate of drug-likeness (QED) is 0.822. The Bertz CT molecular complexity index is 555. The van der Waals surface area contributed by atoms with Gasteiger partial charge in [-0.2, -0.15) is 0 Å². The highest BCUT2D eigenvalue weighted by Gasteiger charge is 2.37. The van der Waals surface area contributed by atoms with Crippen molar-refractivity contribution in [2.45, 2.75) is 32.4 Å². The van der Waals surface area contributed by atoms with E-state index in [-0.39, 0.29) is 17.9 Å². The summed E-state index contributed by atoms with van der Waals surface area (Å²) in [5, 5.41) is 0. The second-order valence-corrected chi connectivity index (χ2v) is 6.16. The second kappa shape index (κ2) is 7.08. The summed E-state index contributed by atoms with van der Waals surface area (Å²) in [4.78, 5) is 34.7. The fourth-order valence-electron chi connectivity index (χ4n) is 3.41. The van der Waals surface area contributed by atoms with Gasteiger partial charge in [-0.1, -0.05) is 13.0 Å². The van der Waals surface area contributed by atoms with E-state index in [1.807, 2.05) is 34.9 Å². The molecule has 3 heterocycles. The van der Waals surface area contributed by atoms with Gasteiger partial charge < -0.3 is 9.80 Å². The van der Waals surface area contributed by atoms with E-state index in [1.165, 1.54) is 0 Å². The van der Waals surface area contributed by atoms with Crippen molar-refractivity contribution in [1.29, 1.82) is 0 Å². The first-order valence-corrected chi connectivity index (χ1v) is 8.39. The number of hydrogen-bond acceptors (Lipinski definition) is 4. The number of pyridine rings is 1. The Morgan fingerprint density at radius 2 is 2.00 bits per heavy atom. The molecule has 0 spiro atoms. The Hall–Kier alpha value is -1.95. The zero-order valence-corrected chi connectivity index (χ0v) is 13.6. The third-order valence-corrected chi connectivity index (χ3v) is 4.76. The van der Waals surface area contributed by atoms with Crippen molar-refractivity contribution in [2.24, 2.45) is 0 Å². The fourth-order valence-corrected chi connectivity index (χ4v) is 3.41. The van der Waals surface area contributed by atoms with Crippen LogP contribution in [0.3, 0.4) is 0 Å². The lowest BCUT2D eigenvalue weighted by molar-refractivity contribution is -0.135. The molecule has 6 nitrogen and oxygen atoms in total. The number of carbonyl (C=O) groups is 2. The molecule has 124 valence electrons. The van der Waals surface area contributed by atoms with Crippen molar-refractivity contribution in [2.75, 3.05) is 32.7 Å². The van der Waals surface area contributed by atoms with Crippen LogP contribution in [0.2, 0.25) is 0 Å². The molecule has 0 aromatic carbocycles. The van der Waals surface area contributed by atoms with Gasteiger partial charge >= 0.3 is 0 Å². The molecule has 1 aromatic heterocycles. The zero-order valence-electron chi connectivity index (χ0n) is 13.6. The van der Waals surface area contributed by atoms with Gasteiger partial charge in [0.1, 0.15) is 0 Å². The largest absolute Gasteiger partial charge is 0.340 e. The number of rotatable bonds is 4. The van der Waals surface area contributed by atoms with Crippen LogP contribution in [-0.2, 0) is 16.1 Å². The van der Waals surface area contributed by atoms with Crippen molar-refractivity contribution in [1.82, 2.24) is 19.7 Å². The van der Waals surface area contributed by atoms with E-state index in [4.69, 9.17) is 0 Å². The van der Waals surface area contributed by atoms with Crippen LogP contribution in [0.4, 0.5) is 0 Å². The lowest BCUT2D eigenvalue weighted by Crippen LogP contribution is -2.53. The summed E-state index contributed by atoms with van der Waals surface area (Å²) in [5.74, 6) is 0.407. The van der Waals surface area contributed by atoms with Gasteiger partial charge in [-0.15, -0.1) is 0 Å². The number of piperazine rings is 1. The van der Waals surface area contributed by atoms with Crippen molar-refractivity contribution >= 4 is 11.8 Å². The Morgan fingerprint density at radius 1 is 1.22 bits per heavy atom. The third-order valence-electron chi connectivity index (χ3n) is 4.76. The minimum Gasteiger partial charge on any atom is -0.340 e. The van der Waals surface area contributed by atoms with Crippen LogP contribution in [0.1, 0.15) is 25.5 Å². The van der Waals surface area contributed by atoms with E-state index < -0.39 is 0 Å². The highest BCUT2D eigenvalue weighted by atomic mass is 16.2. The van der Waals surface area contributed by atoms with Gasteiger partial charge in [-0.25, -0.2) is 0 Å². The van der Waals surface area contributed by atoms with Crippen LogP contribution in [0.5, 0.6) is 0 Å². The number of hydrogen-bond donors (Lipinski definition) is 0. The summed E-state index contributed by atoms with van der Waals surface area (Å²) in [7, 11) is 0. The summed E-state index contributed by atoms with van der Waals surface area (Å²) in [5.41, 5.74) is 0.930. The molecule has 0 saturated carbocycles. The normalized spacial score (nSPS) is 22.7. The maximum absolute atomic E-state index is 12.7. The molecule has 2 saturated heterocycles. The lowest BCUT2D eigenvalue weighted by Gasteiger charge is -2.37. The van der Waals surface area contributed by atoms with E-state index in [1.54, 1.807) is 6.20 Å². The Labute approximate surface area is 137 Å². The van der Waals surface area contributed by atoms with Crippen molar-refractivity contribution < 1.29 is 9.59 Å². The van der Waals surface area contributed by atoms with Crippen LogP contribution in [-0.4, -0.2) is 70.3 Å². The minimum atomic E-state index is -0.0300. The Balaban J connectivity index is 1.54. The maximum atomic E-state index is 12.7. The molecule has 1 atom stereocenters. The van der Waals surface area contributed by atoms with Crippen molar-refractivity contribution in [3.8, 4) is 0 Å². The zero-order chi connectivity index (χ0) is 16.2. The molecular weight excluding hydrogens is 292 g/mol. The average molecular weight is 316 g/mol. The van der Waals surface area contributed by atoms with Crippen LogP contribution >= 0.6 is 0 Å². The van der Waals surface area contributed by atoms with E-state index >= 15 is 0 Å². The predicted molar refractivity (Wildman–Crippen MR) is 86.5 cm³/mol. The molecule has 1 aromatic rings. The standard InChI is InChI=1S/C17H24N4O2/c1-2-16(22)20-11-9-19(10-12-20)15-6-8-21(17(15)23)13-14-5-3-4-7-18-14/h3-5,7,15H,2,6,8-13H2,1H3. The fraction of sp³-hybridized carbons (Fsp3) is 0.588. The maximum Gasteiger partial charge on any atom is 0.240 e. The van der Waals surface area contributed by atoms with Gasteiger partial charge in [0, 0.05) is 45.3 Å². The van der Waals surface area contributed by atoms with E-state index in [2.05, 4.69) is 9.88 Å². The first kappa shape index (κ1) is 15.9. The molecule has 0 radical (unpaired) electrons. The Kier molecular flexibility index (Phi) is 4.91. The number of amides is 2. The Morgan fingerprint density at radius 3 is 2.65 bits per heavy atom. The van der Waals surface area contributed by atoms with E-state index in [9.17, 15) is 9.59 Å². The summed E-state index contributed by atoms with van der Waals surface area (Å²) < 4.78 is 0. The first-order chi connectivity index (χ1) is 11.2. The third kappa shape index (κ3) is 3.52. The van der Waals surface area contributed by atoms with Gasteiger partial charge in [0.15, 0.2) is 0 Å². The number of nitrogens with zero attached hydrogens (tertiary/aromatic N) is 4. The van der Waals surface area contributed by atoms with E-state index in [0.29, 0.717) is 13.0 Å². The van der Waals surface area contributed by atoms with Crippen LogP contribution in [0.15, 0.2) is 24.4 Å². The highest BCUT2D eigenvalue weighted by Crippen LogP contribution is 2.20. The first-order valence-electron chi connectivity index (χ1n) is 8.39.